The van der Waals surface area contributed by atoms with Crippen LogP contribution in [-0.4, -0.2) is 32.6 Å². The van der Waals surface area contributed by atoms with E-state index in [9.17, 15) is 0 Å². The number of nitrogens with zero attached hydrogens (tertiary/aromatic N) is 3. The van der Waals surface area contributed by atoms with Crippen LogP contribution in [0.15, 0.2) is 29.4 Å². The van der Waals surface area contributed by atoms with Gasteiger partial charge in [-0.2, -0.15) is 5.10 Å². The van der Waals surface area contributed by atoms with Gasteiger partial charge >= 0.3 is 0 Å². The number of halogens is 1. The first-order chi connectivity index (χ1) is 10.8. The molecule has 8 heteroatoms. The molecule has 1 heterocycles. The van der Waals surface area contributed by atoms with Crippen molar-refractivity contribution in [2.24, 2.45) is 5.73 Å². The van der Waals surface area contributed by atoms with Crippen molar-refractivity contribution in [2.75, 3.05) is 17.2 Å². The van der Waals surface area contributed by atoms with Crippen molar-refractivity contribution in [3.05, 3.63) is 35.1 Å². The highest BCUT2D eigenvalue weighted by Crippen LogP contribution is 2.22. The Morgan fingerprint density at radius 3 is 2.52 bits per heavy atom. The largest absolute Gasteiger partial charge is 0.376 e. The van der Waals surface area contributed by atoms with E-state index < -0.39 is 0 Å². The van der Waals surface area contributed by atoms with Gasteiger partial charge in [0.2, 0.25) is 0 Å². The lowest BCUT2D eigenvalue weighted by Gasteiger charge is -2.22. The van der Waals surface area contributed by atoms with Gasteiger partial charge in [-0.15, -0.1) is 0 Å². The van der Waals surface area contributed by atoms with E-state index in [-0.39, 0.29) is 5.41 Å². The van der Waals surface area contributed by atoms with Gasteiger partial charge in [0, 0.05) is 28.4 Å². The topological polar surface area (TPSA) is 70.8 Å². The Kier molecular flexibility index (Phi) is 5.89. The van der Waals surface area contributed by atoms with Crippen molar-refractivity contribution in [3.8, 4) is 0 Å². The second-order valence-electron chi connectivity index (χ2n) is 6.03. The molecule has 124 valence electrons. The van der Waals surface area contributed by atoms with Crippen LogP contribution < -0.4 is 10.6 Å². The number of hydrogen-bond acceptors (Lipinski definition) is 4. The number of thioether (sulfide) groups is 1. The Balaban J connectivity index is 1.96. The number of H-pyrrole nitrogens is 1. The van der Waals surface area contributed by atoms with E-state index in [1.807, 2.05) is 29.2 Å². The SMILES string of the molecule is CC(C)(C)c1n[nH]c(SCCN(C(N)=S)c2ccc(Cl)cc2)n1. The number of benzene rings is 1. The molecule has 1 aromatic heterocycles. The normalized spacial score (nSPS) is 11.5. The van der Waals surface area contributed by atoms with Gasteiger partial charge in [0.1, 0.15) is 0 Å². The highest BCUT2D eigenvalue weighted by atomic mass is 35.5. The second kappa shape index (κ2) is 7.51. The number of anilines is 1. The lowest BCUT2D eigenvalue weighted by Crippen LogP contribution is -2.37. The molecule has 5 nitrogen and oxygen atoms in total. The van der Waals surface area contributed by atoms with Crippen molar-refractivity contribution >= 4 is 46.4 Å². The lowest BCUT2D eigenvalue weighted by atomic mass is 9.96. The van der Waals surface area contributed by atoms with Crippen LogP contribution in [0.25, 0.3) is 0 Å². The third-order valence-electron chi connectivity index (χ3n) is 3.09. The summed E-state index contributed by atoms with van der Waals surface area (Å²) in [7, 11) is 0. The van der Waals surface area contributed by atoms with Crippen LogP contribution in [0.1, 0.15) is 26.6 Å². The molecule has 2 aromatic rings. The summed E-state index contributed by atoms with van der Waals surface area (Å²) in [5.41, 5.74) is 6.69. The predicted molar refractivity (Wildman–Crippen MR) is 101 cm³/mol. The van der Waals surface area contributed by atoms with E-state index in [1.54, 1.807) is 11.8 Å². The third-order valence-corrected chi connectivity index (χ3v) is 4.41. The minimum atomic E-state index is -0.0660. The van der Waals surface area contributed by atoms with E-state index in [0.717, 1.165) is 22.4 Å². The van der Waals surface area contributed by atoms with Crippen LogP contribution in [0.5, 0.6) is 0 Å². The number of thiocarbonyl (C=S) groups is 1. The van der Waals surface area contributed by atoms with E-state index in [1.165, 1.54) is 0 Å². The van der Waals surface area contributed by atoms with Crippen molar-refractivity contribution in [1.29, 1.82) is 0 Å². The number of rotatable bonds is 5. The molecule has 0 saturated carbocycles. The number of aromatic nitrogens is 3. The maximum absolute atomic E-state index is 5.91. The Hall–Kier alpha value is -1.31. The second-order valence-corrected chi connectivity index (χ2v) is 7.97. The number of aromatic amines is 1. The third kappa shape index (κ3) is 5.09. The monoisotopic (exact) mass is 369 g/mol. The molecule has 0 spiro atoms. The van der Waals surface area contributed by atoms with Crippen molar-refractivity contribution in [3.63, 3.8) is 0 Å². The van der Waals surface area contributed by atoms with Gasteiger partial charge in [-0.25, -0.2) is 4.98 Å². The number of nitrogens with two attached hydrogens (primary N) is 1. The molecule has 23 heavy (non-hydrogen) atoms. The van der Waals surface area contributed by atoms with E-state index in [0.29, 0.717) is 16.7 Å². The maximum atomic E-state index is 5.91. The highest BCUT2D eigenvalue weighted by Gasteiger charge is 2.19. The predicted octanol–water partition coefficient (Wildman–Crippen LogP) is 3.60. The Morgan fingerprint density at radius 1 is 1.35 bits per heavy atom. The Bertz CT molecular complexity index is 663. The van der Waals surface area contributed by atoms with Gasteiger partial charge in [0.05, 0.1) is 0 Å². The molecule has 0 aliphatic rings. The Morgan fingerprint density at radius 2 is 2.00 bits per heavy atom. The standard InChI is InChI=1S/C15H20ClN5S2/c1-15(2,3)12-18-14(20-19-12)23-9-8-21(13(17)22)11-6-4-10(16)5-7-11/h4-7H,8-9H2,1-3H3,(H2,17,22)(H,18,19,20). The molecule has 0 aliphatic heterocycles. The molecule has 0 amide bonds. The zero-order valence-corrected chi connectivity index (χ0v) is 15.7. The summed E-state index contributed by atoms with van der Waals surface area (Å²) in [6.45, 7) is 6.92. The van der Waals surface area contributed by atoms with Gasteiger partial charge < -0.3 is 10.6 Å². The van der Waals surface area contributed by atoms with E-state index in [2.05, 4.69) is 36.0 Å². The van der Waals surface area contributed by atoms with Crippen LogP contribution in [0.2, 0.25) is 5.02 Å². The summed E-state index contributed by atoms with van der Waals surface area (Å²) >= 11 is 12.6. The fourth-order valence-electron chi connectivity index (χ4n) is 1.87. The van der Waals surface area contributed by atoms with Crippen molar-refractivity contribution in [1.82, 2.24) is 15.2 Å². The number of nitrogens with one attached hydrogen (secondary N) is 1. The molecule has 0 fully saturated rings. The minimum absolute atomic E-state index is 0.0660. The summed E-state index contributed by atoms with van der Waals surface area (Å²) in [5.74, 6) is 1.59. The van der Waals surface area contributed by atoms with E-state index >= 15 is 0 Å². The first kappa shape index (κ1) is 18.0. The van der Waals surface area contributed by atoms with Gasteiger partial charge in [0.15, 0.2) is 16.1 Å². The quantitative estimate of drug-likeness (QED) is 0.619. The van der Waals surface area contributed by atoms with Crippen LogP contribution in [-0.2, 0) is 5.41 Å². The zero-order valence-electron chi connectivity index (χ0n) is 13.3. The summed E-state index contributed by atoms with van der Waals surface area (Å²) in [5, 5.41) is 9.03. The molecule has 3 N–H and O–H groups in total. The van der Waals surface area contributed by atoms with Gasteiger partial charge in [-0.3, -0.25) is 5.10 Å². The van der Waals surface area contributed by atoms with Crippen LogP contribution in [0, 0.1) is 0 Å². The molecule has 0 radical (unpaired) electrons. The fourth-order valence-corrected chi connectivity index (χ4v) is 2.92. The highest BCUT2D eigenvalue weighted by molar-refractivity contribution is 7.99. The molecule has 0 atom stereocenters. The van der Waals surface area contributed by atoms with Gasteiger partial charge in [-0.1, -0.05) is 44.1 Å². The smallest absolute Gasteiger partial charge is 0.183 e. The first-order valence-corrected chi connectivity index (χ1v) is 8.93. The molecule has 0 saturated heterocycles. The average Bonchev–Trinajstić information content (AvgIpc) is 2.93. The maximum Gasteiger partial charge on any atom is 0.183 e. The van der Waals surface area contributed by atoms with Crippen LogP contribution >= 0.6 is 35.6 Å². The number of hydrogen-bond donors (Lipinski definition) is 2. The molecular weight excluding hydrogens is 350 g/mol. The summed E-state index contributed by atoms with van der Waals surface area (Å²) < 4.78 is 0. The Labute approximate surface area is 151 Å². The average molecular weight is 370 g/mol. The molecule has 1 aromatic carbocycles. The summed E-state index contributed by atoms with van der Waals surface area (Å²) in [4.78, 5) is 6.38. The van der Waals surface area contributed by atoms with Gasteiger partial charge in [0.25, 0.3) is 0 Å². The molecular formula is C15H20ClN5S2. The minimum Gasteiger partial charge on any atom is -0.376 e. The van der Waals surface area contributed by atoms with Crippen LogP contribution in [0.4, 0.5) is 5.69 Å². The molecule has 0 aliphatic carbocycles. The first-order valence-electron chi connectivity index (χ1n) is 7.15. The van der Waals surface area contributed by atoms with Crippen molar-refractivity contribution in [2.45, 2.75) is 31.3 Å². The van der Waals surface area contributed by atoms with Crippen LogP contribution in [0.3, 0.4) is 0 Å². The van der Waals surface area contributed by atoms with Gasteiger partial charge in [-0.05, 0) is 36.5 Å². The molecule has 0 bridgehead atoms. The fraction of sp³-hybridized carbons (Fsp3) is 0.400. The molecule has 2 rings (SSSR count). The lowest BCUT2D eigenvalue weighted by molar-refractivity contribution is 0.547. The van der Waals surface area contributed by atoms with E-state index in [4.69, 9.17) is 29.6 Å². The van der Waals surface area contributed by atoms with Crippen molar-refractivity contribution < 1.29 is 0 Å². The summed E-state index contributed by atoms with van der Waals surface area (Å²) in [6, 6.07) is 7.44. The summed E-state index contributed by atoms with van der Waals surface area (Å²) in [6.07, 6.45) is 0. The molecule has 0 unspecified atom stereocenters. The zero-order chi connectivity index (χ0) is 17.0.